The van der Waals surface area contributed by atoms with Crippen molar-refractivity contribution in [2.24, 2.45) is 5.73 Å². The Hall–Kier alpha value is -0.920. The molecule has 1 aromatic rings. The summed E-state index contributed by atoms with van der Waals surface area (Å²) in [5.41, 5.74) is 6.60. The zero-order valence-corrected chi connectivity index (χ0v) is 8.32. The van der Waals surface area contributed by atoms with Crippen LogP contribution in [-0.4, -0.2) is 12.9 Å². The van der Waals surface area contributed by atoms with Crippen molar-refractivity contribution in [2.75, 3.05) is 12.9 Å². The van der Waals surface area contributed by atoms with Gasteiger partial charge in [0.05, 0.1) is 0 Å². The van der Waals surface area contributed by atoms with Gasteiger partial charge in [-0.3, -0.25) is 0 Å². The number of rotatable bonds is 5. The maximum atomic E-state index is 10.2. The molecule has 1 aromatic carbocycles. The van der Waals surface area contributed by atoms with E-state index in [0.717, 1.165) is 12.2 Å². The Balaban J connectivity index is 2.53. The van der Waals surface area contributed by atoms with Crippen LogP contribution in [0.5, 0.6) is 5.75 Å². The Morgan fingerprint density at radius 2 is 2.00 bits per heavy atom. The molecule has 0 radical (unpaired) electrons. The highest BCUT2D eigenvalue weighted by Gasteiger charge is 1.96. The van der Waals surface area contributed by atoms with Gasteiger partial charge < -0.3 is 10.5 Å². The number of hydrogen-bond acceptors (Lipinski definition) is 3. The van der Waals surface area contributed by atoms with Gasteiger partial charge in [-0.25, -0.2) is 0 Å². The smallest absolute Gasteiger partial charge is 0.365 e. The molecule has 0 amide bonds. The van der Waals surface area contributed by atoms with Gasteiger partial charge in [0.15, 0.2) is 0 Å². The molecule has 0 aliphatic rings. The summed E-state index contributed by atoms with van der Waals surface area (Å²) in [7, 11) is -0.411. The largest absolute Gasteiger partial charge is 0.449 e. The van der Waals surface area contributed by atoms with Crippen LogP contribution in [0.3, 0.4) is 0 Å². The molecule has 1 unspecified atom stereocenters. The normalized spacial score (nSPS) is 10.2. The molecule has 1 atom stereocenters. The van der Waals surface area contributed by atoms with Gasteiger partial charge in [0, 0.05) is 0 Å². The Kier molecular flexibility index (Phi) is 4.44. The summed E-state index contributed by atoms with van der Waals surface area (Å²) >= 11 is 0. The lowest BCUT2D eigenvalue weighted by Crippen LogP contribution is -2.02. The average molecular weight is 198 g/mol. The van der Waals surface area contributed by atoms with E-state index in [9.17, 15) is 4.57 Å². The van der Waals surface area contributed by atoms with Gasteiger partial charge in [0.1, 0.15) is 5.75 Å². The maximum absolute atomic E-state index is 10.2. The molecule has 1 rings (SSSR count). The Morgan fingerprint density at radius 3 is 2.54 bits per heavy atom. The van der Waals surface area contributed by atoms with Gasteiger partial charge in [-0.05, 0) is 30.7 Å². The zero-order valence-electron chi connectivity index (χ0n) is 7.32. The van der Waals surface area contributed by atoms with Crippen LogP contribution < -0.4 is 10.5 Å². The molecule has 0 spiro atoms. The van der Waals surface area contributed by atoms with Crippen LogP contribution in [0, 0.1) is 0 Å². The first-order chi connectivity index (χ1) is 6.36. The molecule has 2 N–H and O–H groups in total. The quantitative estimate of drug-likeness (QED) is 0.730. The Labute approximate surface area is 79.1 Å². The fourth-order valence-electron chi connectivity index (χ4n) is 1.03. The van der Waals surface area contributed by atoms with Gasteiger partial charge in [-0.1, -0.05) is 16.7 Å². The third-order valence-electron chi connectivity index (χ3n) is 1.65. The number of nitrogens with two attached hydrogens (primary N) is 1. The SMILES string of the molecule is NCCc1ccc(OC[PH+]=O)cc1. The van der Waals surface area contributed by atoms with Crippen molar-refractivity contribution in [1.29, 1.82) is 0 Å². The monoisotopic (exact) mass is 198 g/mol. The summed E-state index contributed by atoms with van der Waals surface area (Å²) in [5.74, 6) is 0.754. The van der Waals surface area contributed by atoms with Crippen molar-refractivity contribution < 1.29 is 9.30 Å². The summed E-state index contributed by atoms with van der Waals surface area (Å²) in [6, 6.07) is 7.67. The lowest BCUT2D eigenvalue weighted by atomic mass is 10.1. The first-order valence-corrected chi connectivity index (χ1v) is 5.25. The molecule has 0 fully saturated rings. The van der Waals surface area contributed by atoms with E-state index >= 15 is 0 Å². The minimum absolute atomic E-state index is 0.260. The average Bonchev–Trinajstić information content (AvgIpc) is 2.17. The first kappa shape index (κ1) is 10.2. The van der Waals surface area contributed by atoms with Crippen LogP contribution in [0.15, 0.2) is 24.3 Å². The van der Waals surface area contributed by atoms with Crippen molar-refractivity contribution >= 4 is 8.46 Å². The van der Waals surface area contributed by atoms with Gasteiger partial charge in [0.2, 0.25) is 0 Å². The molecule has 0 aliphatic carbocycles. The van der Waals surface area contributed by atoms with Gasteiger partial charge in [-0.2, -0.15) is 0 Å². The zero-order chi connectivity index (χ0) is 9.52. The maximum Gasteiger partial charge on any atom is 0.365 e. The van der Waals surface area contributed by atoms with E-state index in [4.69, 9.17) is 10.5 Å². The van der Waals surface area contributed by atoms with Crippen LogP contribution in [0.1, 0.15) is 5.56 Å². The topological polar surface area (TPSA) is 52.3 Å². The molecule has 70 valence electrons. The highest BCUT2D eigenvalue weighted by molar-refractivity contribution is 7.23. The van der Waals surface area contributed by atoms with E-state index in [-0.39, 0.29) is 6.35 Å². The van der Waals surface area contributed by atoms with E-state index in [1.165, 1.54) is 5.56 Å². The Morgan fingerprint density at radius 1 is 1.31 bits per heavy atom. The second-order valence-electron chi connectivity index (χ2n) is 2.62. The lowest BCUT2D eigenvalue weighted by molar-refractivity contribution is 0.384. The lowest BCUT2D eigenvalue weighted by Gasteiger charge is -2.01. The van der Waals surface area contributed by atoms with Crippen molar-refractivity contribution in [3.05, 3.63) is 29.8 Å². The molecule has 0 saturated heterocycles. The van der Waals surface area contributed by atoms with Gasteiger partial charge >= 0.3 is 8.46 Å². The third-order valence-corrected chi connectivity index (χ3v) is 1.92. The van der Waals surface area contributed by atoms with Crippen LogP contribution in [0.2, 0.25) is 0 Å². The first-order valence-electron chi connectivity index (χ1n) is 4.13. The fourth-order valence-corrected chi connectivity index (χ4v) is 1.26. The molecule has 0 bridgehead atoms. The molecular weight excluding hydrogens is 185 g/mol. The van der Waals surface area contributed by atoms with Crippen molar-refractivity contribution in [3.8, 4) is 5.75 Å². The van der Waals surface area contributed by atoms with Crippen LogP contribution in [0.25, 0.3) is 0 Å². The molecule has 0 aliphatic heterocycles. The summed E-state index contributed by atoms with van der Waals surface area (Å²) < 4.78 is 15.3. The molecule has 3 nitrogen and oxygen atoms in total. The number of benzene rings is 1. The molecular formula is C9H13NO2P+. The fraction of sp³-hybridized carbons (Fsp3) is 0.333. The second-order valence-corrected chi connectivity index (χ2v) is 3.19. The number of hydrogen-bond donors (Lipinski definition) is 1. The molecule has 13 heavy (non-hydrogen) atoms. The Bertz CT molecular complexity index is 261. The minimum Gasteiger partial charge on any atom is -0.449 e. The summed E-state index contributed by atoms with van der Waals surface area (Å²) in [4.78, 5) is 0. The molecule has 0 heterocycles. The second kappa shape index (κ2) is 5.68. The van der Waals surface area contributed by atoms with E-state index < -0.39 is 8.46 Å². The molecule has 0 aromatic heterocycles. The van der Waals surface area contributed by atoms with E-state index in [2.05, 4.69) is 0 Å². The highest BCUT2D eigenvalue weighted by Crippen LogP contribution is 2.13. The third kappa shape index (κ3) is 3.53. The molecule has 0 saturated carbocycles. The molecule has 4 heteroatoms. The van der Waals surface area contributed by atoms with Crippen molar-refractivity contribution in [3.63, 3.8) is 0 Å². The number of ether oxygens (including phenoxy) is 1. The summed E-state index contributed by atoms with van der Waals surface area (Å²) in [6.07, 6.45) is 1.14. The van der Waals surface area contributed by atoms with Gasteiger partial charge in [-0.15, -0.1) is 0 Å². The van der Waals surface area contributed by atoms with E-state index in [1.807, 2.05) is 24.3 Å². The summed E-state index contributed by atoms with van der Waals surface area (Å²) in [5, 5.41) is 0. The standard InChI is InChI=1S/C9H12NO2P/c10-6-5-8-1-3-9(4-2-8)12-7-13-11/h1-4H,5-7,10H2/p+1. The minimum atomic E-state index is -0.411. The van der Waals surface area contributed by atoms with Crippen LogP contribution >= 0.6 is 8.46 Å². The van der Waals surface area contributed by atoms with E-state index in [1.54, 1.807) is 0 Å². The van der Waals surface area contributed by atoms with E-state index in [0.29, 0.717) is 6.54 Å². The van der Waals surface area contributed by atoms with Crippen LogP contribution in [-0.2, 0) is 11.0 Å². The van der Waals surface area contributed by atoms with Crippen molar-refractivity contribution in [2.45, 2.75) is 6.42 Å². The van der Waals surface area contributed by atoms with Crippen molar-refractivity contribution in [1.82, 2.24) is 0 Å². The highest BCUT2D eigenvalue weighted by atomic mass is 31.1. The predicted octanol–water partition coefficient (Wildman–Crippen LogP) is 1.55. The van der Waals surface area contributed by atoms with Gasteiger partial charge in [0.25, 0.3) is 6.35 Å². The summed E-state index contributed by atoms with van der Waals surface area (Å²) in [6.45, 7) is 0.655. The predicted molar refractivity (Wildman–Crippen MR) is 53.7 cm³/mol. The van der Waals surface area contributed by atoms with Crippen LogP contribution in [0.4, 0.5) is 0 Å².